The molecule has 1 aromatic rings. The van der Waals surface area contributed by atoms with Gasteiger partial charge < -0.3 is 16.4 Å². The standard InChI is InChI=1S/C14H22N4O2/c1-9(2)13(15)14(20)17-8-12(19)18-10(3)11-6-4-5-7-16-11/h4-7,9-10,13H,8,15H2,1-3H3,(H,17,20)(H,18,19)/t10?,13-/m0/s1. The van der Waals surface area contributed by atoms with Gasteiger partial charge in [0.25, 0.3) is 0 Å². The van der Waals surface area contributed by atoms with Crippen LogP contribution >= 0.6 is 0 Å². The van der Waals surface area contributed by atoms with Gasteiger partial charge in [0.1, 0.15) is 0 Å². The number of rotatable bonds is 6. The Hall–Kier alpha value is -1.95. The summed E-state index contributed by atoms with van der Waals surface area (Å²) >= 11 is 0. The van der Waals surface area contributed by atoms with Crippen LogP contribution in [-0.4, -0.2) is 29.4 Å². The lowest BCUT2D eigenvalue weighted by atomic mass is 10.1. The minimum Gasteiger partial charge on any atom is -0.346 e. The van der Waals surface area contributed by atoms with Crippen molar-refractivity contribution >= 4 is 11.8 Å². The third-order valence-electron chi connectivity index (χ3n) is 2.95. The lowest BCUT2D eigenvalue weighted by Crippen LogP contribution is -2.47. The number of hydrogen-bond acceptors (Lipinski definition) is 4. The van der Waals surface area contributed by atoms with Crippen molar-refractivity contribution in [1.29, 1.82) is 0 Å². The van der Waals surface area contributed by atoms with Crippen molar-refractivity contribution in [1.82, 2.24) is 15.6 Å². The summed E-state index contributed by atoms with van der Waals surface area (Å²) in [7, 11) is 0. The molecular weight excluding hydrogens is 256 g/mol. The van der Waals surface area contributed by atoms with Gasteiger partial charge in [-0.1, -0.05) is 19.9 Å². The third-order valence-corrected chi connectivity index (χ3v) is 2.95. The average Bonchev–Trinajstić information content (AvgIpc) is 2.44. The number of nitrogens with two attached hydrogens (primary N) is 1. The summed E-state index contributed by atoms with van der Waals surface area (Å²) in [6, 6.07) is 4.69. The van der Waals surface area contributed by atoms with Crippen LogP contribution in [0.1, 0.15) is 32.5 Å². The van der Waals surface area contributed by atoms with E-state index in [0.29, 0.717) is 0 Å². The smallest absolute Gasteiger partial charge is 0.239 e. The maximum absolute atomic E-state index is 11.7. The van der Waals surface area contributed by atoms with E-state index in [4.69, 9.17) is 5.73 Å². The first-order valence-corrected chi connectivity index (χ1v) is 6.65. The van der Waals surface area contributed by atoms with E-state index in [-0.39, 0.29) is 30.3 Å². The minimum atomic E-state index is -0.601. The Bertz CT molecular complexity index is 448. The SMILES string of the molecule is CC(NC(=O)CNC(=O)[C@@H](N)C(C)C)c1ccccn1. The van der Waals surface area contributed by atoms with Crippen molar-refractivity contribution in [2.45, 2.75) is 32.9 Å². The Morgan fingerprint density at radius 1 is 1.30 bits per heavy atom. The van der Waals surface area contributed by atoms with Crippen LogP contribution in [0.2, 0.25) is 0 Å². The Labute approximate surface area is 119 Å². The molecule has 110 valence electrons. The first kappa shape index (κ1) is 16.1. The van der Waals surface area contributed by atoms with Gasteiger partial charge in [0, 0.05) is 6.20 Å². The number of amides is 2. The second-order valence-corrected chi connectivity index (χ2v) is 5.03. The van der Waals surface area contributed by atoms with Crippen LogP contribution in [0.3, 0.4) is 0 Å². The average molecular weight is 278 g/mol. The lowest BCUT2D eigenvalue weighted by molar-refractivity contribution is -0.127. The monoisotopic (exact) mass is 278 g/mol. The fourth-order valence-corrected chi connectivity index (χ4v) is 1.59. The molecule has 0 fully saturated rings. The summed E-state index contributed by atoms with van der Waals surface area (Å²) in [6.07, 6.45) is 1.67. The third kappa shape index (κ3) is 4.97. The summed E-state index contributed by atoms with van der Waals surface area (Å²) in [4.78, 5) is 27.5. The van der Waals surface area contributed by atoms with E-state index < -0.39 is 6.04 Å². The molecule has 1 aromatic heterocycles. The molecular formula is C14H22N4O2. The van der Waals surface area contributed by atoms with E-state index in [9.17, 15) is 9.59 Å². The number of carbonyl (C=O) groups excluding carboxylic acids is 2. The van der Waals surface area contributed by atoms with E-state index >= 15 is 0 Å². The van der Waals surface area contributed by atoms with Crippen LogP contribution in [0, 0.1) is 5.92 Å². The lowest BCUT2D eigenvalue weighted by Gasteiger charge is -2.16. The topological polar surface area (TPSA) is 97.1 Å². The van der Waals surface area contributed by atoms with Crippen LogP contribution in [-0.2, 0) is 9.59 Å². The highest BCUT2D eigenvalue weighted by Crippen LogP contribution is 2.07. The number of nitrogens with zero attached hydrogens (tertiary/aromatic N) is 1. The molecule has 0 spiro atoms. The highest BCUT2D eigenvalue weighted by atomic mass is 16.2. The van der Waals surface area contributed by atoms with Crippen molar-refractivity contribution < 1.29 is 9.59 Å². The van der Waals surface area contributed by atoms with Gasteiger partial charge >= 0.3 is 0 Å². The second-order valence-electron chi connectivity index (χ2n) is 5.03. The van der Waals surface area contributed by atoms with E-state index in [2.05, 4.69) is 15.6 Å². The molecule has 0 aromatic carbocycles. The predicted octanol–water partition coefficient (Wildman–Crippen LogP) is 0.358. The van der Waals surface area contributed by atoms with Gasteiger partial charge in [-0.2, -0.15) is 0 Å². The van der Waals surface area contributed by atoms with Crippen LogP contribution in [0.15, 0.2) is 24.4 Å². The zero-order valence-electron chi connectivity index (χ0n) is 12.1. The number of pyridine rings is 1. The second kappa shape index (κ2) is 7.59. The van der Waals surface area contributed by atoms with Gasteiger partial charge in [0.15, 0.2) is 0 Å². The molecule has 0 saturated carbocycles. The molecule has 0 aliphatic heterocycles. The summed E-state index contributed by atoms with van der Waals surface area (Å²) in [5.41, 5.74) is 6.45. The molecule has 1 unspecified atom stereocenters. The van der Waals surface area contributed by atoms with Crippen LogP contribution in [0.4, 0.5) is 0 Å². The van der Waals surface area contributed by atoms with E-state index in [0.717, 1.165) is 5.69 Å². The van der Waals surface area contributed by atoms with Gasteiger partial charge in [-0.15, -0.1) is 0 Å². The van der Waals surface area contributed by atoms with Gasteiger partial charge in [-0.05, 0) is 25.0 Å². The van der Waals surface area contributed by atoms with Gasteiger partial charge in [0.2, 0.25) is 11.8 Å². The quantitative estimate of drug-likeness (QED) is 0.700. The van der Waals surface area contributed by atoms with Crippen molar-refractivity contribution in [3.63, 3.8) is 0 Å². The van der Waals surface area contributed by atoms with Crippen LogP contribution in [0.5, 0.6) is 0 Å². The molecule has 4 N–H and O–H groups in total. The molecule has 6 heteroatoms. The summed E-state index contributed by atoms with van der Waals surface area (Å²) in [6.45, 7) is 5.46. The summed E-state index contributed by atoms with van der Waals surface area (Å²) in [5.74, 6) is -0.557. The molecule has 1 rings (SSSR count). The number of nitrogens with one attached hydrogen (secondary N) is 2. The fourth-order valence-electron chi connectivity index (χ4n) is 1.59. The molecule has 0 radical (unpaired) electrons. The first-order chi connectivity index (χ1) is 9.41. The Kier molecular flexibility index (Phi) is 6.11. The van der Waals surface area contributed by atoms with E-state index in [1.807, 2.05) is 39.0 Å². The highest BCUT2D eigenvalue weighted by Gasteiger charge is 2.18. The molecule has 6 nitrogen and oxygen atoms in total. The van der Waals surface area contributed by atoms with Crippen molar-refractivity contribution in [2.75, 3.05) is 6.54 Å². The predicted molar refractivity (Wildman–Crippen MR) is 76.6 cm³/mol. The van der Waals surface area contributed by atoms with Gasteiger partial charge in [0.05, 0.1) is 24.3 Å². The van der Waals surface area contributed by atoms with Gasteiger partial charge in [-0.25, -0.2) is 0 Å². The molecule has 0 aliphatic carbocycles. The normalized spacial score (nSPS) is 13.7. The summed E-state index contributed by atoms with van der Waals surface area (Å²) in [5, 5.41) is 5.29. The van der Waals surface area contributed by atoms with Crippen molar-refractivity contribution in [3.05, 3.63) is 30.1 Å². The van der Waals surface area contributed by atoms with Crippen molar-refractivity contribution in [3.8, 4) is 0 Å². The molecule has 0 aliphatic rings. The zero-order chi connectivity index (χ0) is 15.1. The number of hydrogen-bond donors (Lipinski definition) is 3. The molecule has 1 heterocycles. The minimum absolute atomic E-state index is 0.0329. The Balaban J connectivity index is 2.39. The highest BCUT2D eigenvalue weighted by molar-refractivity contribution is 5.87. The first-order valence-electron chi connectivity index (χ1n) is 6.65. The van der Waals surface area contributed by atoms with Crippen LogP contribution < -0.4 is 16.4 Å². The molecule has 0 saturated heterocycles. The molecule has 2 amide bonds. The molecule has 0 bridgehead atoms. The van der Waals surface area contributed by atoms with E-state index in [1.165, 1.54) is 0 Å². The Morgan fingerprint density at radius 3 is 2.55 bits per heavy atom. The largest absolute Gasteiger partial charge is 0.346 e. The van der Waals surface area contributed by atoms with Crippen LogP contribution in [0.25, 0.3) is 0 Å². The maximum atomic E-state index is 11.7. The Morgan fingerprint density at radius 2 is 2.00 bits per heavy atom. The molecule has 2 atom stereocenters. The number of carbonyl (C=O) groups is 2. The zero-order valence-corrected chi connectivity index (χ0v) is 12.1. The van der Waals surface area contributed by atoms with Gasteiger partial charge in [-0.3, -0.25) is 14.6 Å². The molecule has 20 heavy (non-hydrogen) atoms. The van der Waals surface area contributed by atoms with Crippen molar-refractivity contribution in [2.24, 2.45) is 11.7 Å². The maximum Gasteiger partial charge on any atom is 0.239 e. The number of aromatic nitrogens is 1. The fraction of sp³-hybridized carbons (Fsp3) is 0.500. The van der Waals surface area contributed by atoms with E-state index in [1.54, 1.807) is 6.20 Å². The summed E-state index contributed by atoms with van der Waals surface area (Å²) < 4.78 is 0.